The molecule has 0 radical (unpaired) electrons. The molecule has 0 bridgehead atoms. The number of piperidine rings is 2. The fourth-order valence-corrected chi connectivity index (χ4v) is 8.54. The first-order valence-electron chi connectivity index (χ1n) is 19.2. The molecule has 15 nitrogen and oxygen atoms in total. The third kappa shape index (κ3) is 8.20. The summed E-state index contributed by atoms with van der Waals surface area (Å²) in [6.45, 7) is 5.18. The fourth-order valence-electron chi connectivity index (χ4n) is 8.33. The van der Waals surface area contributed by atoms with Crippen molar-refractivity contribution >= 4 is 52.0 Å². The zero-order valence-electron chi connectivity index (χ0n) is 30.6. The fraction of sp³-hybridized carbons (Fsp3) is 0.487. The highest BCUT2D eigenvalue weighted by atomic mass is 35.5. The summed E-state index contributed by atoms with van der Waals surface area (Å²) in [6, 6.07) is 8.99. The molecule has 4 amide bonds. The van der Waals surface area contributed by atoms with Gasteiger partial charge in [-0.05, 0) is 75.5 Å². The summed E-state index contributed by atoms with van der Waals surface area (Å²) in [4.78, 5) is 57.1. The summed E-state index contributed by atoms with van der Waals surface area (Å²) < 4.78 is 8.16. The van der Waals surface area contributed by atoms with E-state index in [2.05, 4.69) is 46.1 Å². The summed E-state index contributed by atoms with van der Waals surface area (Å²) in [7, 11) is 0. The van der Waals surface area contributed by atoms with Crippen LogP contribution in [0.15, 0.2) is 49.1 Å². The van der Waals surface area contributed by atoms with Crippen LogP contribution in [0.5, 0.6) is 5.75 Å². The van der Waals surface area contributed by atoms with Crippen molar-refractivity contribution < 1.29 is 19.1 Å². The second-order valence-corrected chi connectivity index (χ2v) is 15.4. The number of nitrogens with zero attached hydrogens (tertiary/aromatic N) is 9. The van der Waals surface area contributed by atoms with Crippen molar-refractivity contribution in [1.29, 1.82) is 5.26 Å². The summed E-state index contributed by atoms with van der Waals surface area (Å²) in [6.07, 6.45) is 14.4. The highest BCUT2D eigenvalue weighted by Crippen LogP contribution is 2.32. The van der Waals surface area contributed by atoms with Gasteiger partial charge in [0.25, 0.3) is 5.91 Å². The molecule has 4 aromatic rings. The summed E-state index contributed by atoms with van der Waals surface area (Å²) in [5.74, 6) is 2.12. The van der Waals surface area contributed by atoms with Crippen molar-refractivity contribution in [3.8, 4) is 11.8 Å². The summed E-state index contributed by atoms with van der Waals surface area (Å²) in [5.41, 5.74) is 1.70. The van der Waals surface area contributed by atoms with E-state index in [0.29, 0.717) is 40.3 Å². The Bertz CT molecular complexity index is 2080. The summed E-state index contributed by atoms with van der Waals surface area (Å²) >= 11 is 6.15. The second-order valence-electron chi connectivity index (χ2n) is 15.0. The largest absolute Gasteiger partial charge is 0.490 e. The molecule has 3 aliphatic heterocycles. The van der Waals surface area contributed by atoms with Crippen molar-refractivity contribution in [2.75, 3.05) is 49.1 Å². The number of rotatable bonds is 9. The Morgan fingerprint density at radius 1 is 0.945 bits per heavy atom. The molecule has 1 saturated carbocycles. The van der Waals surface area contributed by atoms with Gasteiger partial charge in [-0.2, -0.15) is 10.4 Å². The van der Waals surface area contributed by atoms with E-state index in [0.717, 1.165) is 101 Å². The Hall–Kier alpha value is -5.33. The van der Waals surface area contributed by atoms with E-state index in [9.17, 15) is 14.4 Å². The van der Waals surface area contributed by atoms with Crippen LogP contribution in [-0.4, -0.2) is 98.9 Å². The van der Waals surface area contributed by atoms with E-state index >= 15 is 0 Å². The number of pyridine rings is 1. The molecule has 1 aromatic carbocycles. The van der Waals surface area contributed by atoms with Gasteiger partial charge in [0.2, 0.25) is 5.91 Å². The maximum atomic E-state index is 13.0. The Labute approximate surface area is 324 Å². The molecule has 0 atom stereocenters. The number of carbonyl (C=O) groups is 3. The number of ether oxygens (including phenoxy) is 1. The minimum Gasteiger partial charge on any atom is -0.490 e. The lowest BCUT2D eigenvalue weighted by atomic mass is 9.93. The van der Waals surface area contributed by atoms with Crippen LogP contribution in [0.4, 0.5) is 16.4 Å². The Morgan fingerprint density at radius 3 is 2.45 bits per heavy atom. The molecule has 286 valence electrons. The normalized spacial score (nSPS) is 21.7. The number of imide groups is 1. The number of nitrogens with one attached hydrogen (secondary N) is 2. The highest BCUT2D eigenvalue weighted by Gasteiger charge is 2.30. The maximum absolute atomic E-state index is 13.0. The maximum Gasteiger partial charge on any atom is 0.329 e. The van der Waals surface area contributed by atoms with Gasteiger partial charge in [-0.15, -0.1) is 0 Å². The number of hydrogen-bond donors (Lipinski definition) is 2. The third-order valence-corrected chi connectivity index (χ3v) is 11.7. The van der Waals surface area contributed by atoms with E-state index in [-0.39, 0.29) is 36.4 Å². The number of likely N-dealkylation sites (tertiary alicyclic amines) is 1. The molecule has 0 spiro atoms. The molecule has 55 heavy (non-hydrogen) atoms. The number of benzene rings is 1. The van der Waals surface area contributed by atoms with Gasteiger partial charge in [-0.25, -0.2) is 19.7 Å². The molecule has 16 heteroatoms. The summed E-state index contributed by atoms with van der Waals surface area (Å²) in [5, 5.41) is 20.5. The third-order valence-electron chi connectivity index (χ3n) is 11.4. The van der Waals surface area contributed by atoms with Gasteiger partial charge in [0, 0.05) is 64.0 Å². The first-order valence-corrected chi connectivity index (χ1v) is 19.6. The van der Waals surface area contributed by atoms with Crippen LogP contribution in [0.3, 0.4) is 0 Å². The van der Waals surface area contributed by atoms with Crippen molar-refractivity contribution in [1.82, 2.24) is 40.3 Å². The molecule has 3 saturated heterocycles. The van der Waals surface area contributed by atoms with Crippen molar-refractivity contribution in [2.24, 2.45) is 5.92 Å². The molecule has 4 fully saturated rings. The topological polar surface area (TPSA) is 174 Å². The van der Waals surface area contributed by atoms with Gasteiger partial charge in [0.05, 0.1) is 52.2 Å². The van der Waals surface area contributed by atoms with Gasteiger partial charge >= 0.3 is 6.03 Å². The number of halogens is 1. The molecule has 4 aliphatic rings. The van der Waals surface area contributed by atoms with E-state index in [4.69, 9.17) is 26.7 Å². The quantitative estimate of drug-likeness (QED) is 0.238. The SMILES string of the molecule is N#Cc1ccc(OC2CCC(NC(=O)c3cnc(N4CCC(CN5CCC(n6ncc7c(N8CCC(=O)NC8=O)nccc76)CC5)CC4)cn3)CC2)cc1Cl. The zero-order valence-corrected chi connectivity index (χ0v) is 31.3. The number of nitriles is 1. The van der Waals surface area contributed by atoms with Crippen LogP contribution in [0, 0.1) is 17.2 Å². The van der Waals surface area contributed by atoms with Crippen LogP contribution in [0.25, 0.3) is 10.9 Å². The average Bonchev–Trinajstić information content (AvgIpc) is 3.64. The van der Waals surface area contributed by atoms with Gasteiger partial charge in [-0.3, -0.25) is 24.5 Å². The van der Waals surface area contributed by atoms with Crippen LogP contribution < -0.4 is 25.2 Å². The van der Waals surface area contributed by atoms with Crippen LogP contribution in [0.1, 0.15) is 79.9 Å². The molecule has 6 heterocycles. The lowest BCUT2D eigenvalue weighted by molar-refractivity contribution is -0.120. The Balaban J connectivity index is 0.760. The molecule has 8 rings (SSSR count). The van der Waals surface area contributed by atoms with Gasteiger partial charge in [0.15, 0.2) is 0 Å². The van der Waals surface area contributed by atoms with Crippen LogP contribution in [-0.2, 0) is 4.79 Å². The van der Waals surface area contributed by atoms with Gasteiger partial charge in [-0.1, -0.05) is 11.6 Å². The molecular formula is C39H44ClN11O4. The standard InChI is InChI=1S/C39H44ClN11O4/c40-32-19-30(4-1-26(32)20-41)55-29-5-2-27(3-6-29)46-38(53)33-22-44-35(23-43-33)49-16-8-25(9-17-49)24-48-14-10-28(11-15-48)51-34-7-13-42-37(31(34)21-45-51)50-18-12-36(52)47-39(50)54/h1,4,7,13,19,21-23,25,27-29H,2-3,5-6,8-12,14-18,24H2,(H,46,53)(H,47,52,54). The number of fused-ring (bicyclic) bond motifs is 1. The van der Waals surface area contributed by atoms with Crippen LogP contribution in [0.2, 0.25) is 5.02 Å². The lowest BCUT2D eigenvalue weighted by Crippen LogP contribution is -2.49. The monoisotopic (exact) mass is 765 g/mol. The molecule has 2 N–H and O–H groups in total. The van der Waals surface area contributed by atoms with Crippen molar-refractivity contribution in [3.63, 3.8) is 0 Å². The Kier molecular flexibility index (Phi) is 10.8. The van der Waals surface area contributed by atoms with E-state index in [1.165, 1.54) is 4.90 Å². The Morgan fingerprint density at radius 2 is 1.75 bits per heavy atom. The van der Waals surface area contributed by atoms with E-state index in [1.807, 2.05) is 6.07 Å². The molecular weight excluding hydrogens is 722 g/mol. The zero-order chi connectivity index (χ0) is 37.9. The van der Waals surface area contributed by atoms with E-state index < -0.39 is 6.03 Å². The molecule has 1 aliphatic carbocycles. The van der Waals surface area contributed by atoms with Crippen LogP contribution >= 0.6 is 11.6 Å². The first kappa shape index (κ1) is 36.6. The molecule has 0 unspecified atom stereocenters. The minimum absolute atomic E-state index is 0.0311. The van der Waals surface area contributed by atoms with Gasteiger partial charge < -0.3 is 19.9 Å². The predicted molar refractivity (Wildman–Crippen MR) is 205 cm³/mol. The number of amides is 4. The smallest absolute Gasteiger partial charge is 0.329 e. The number of anilines is 2. The van der Waals surface area contributed by atoms with Crippen molar-refractivity contribution in [3.05, 3.63) is 65.3 Å². The first-order chi connectivity index (χ1) is 26.8. The minimum atomic E-state index is -0.444. The number of urea groups is 1. The number of hydrogen-bond acceptors (Lipinski definition) is 11. The van der Waals surface area contributed by atoms with Gasteiger partial charge in [0.1, 0.15) is 29.1 Å². The highest BCUT2D eigenvalue weighted by molar-refractivity contribution is 6.31. The predicted octanol–water partition coefficient (Wildman–Crippen LogP) is 4.87. The van der Waals surface area contributed by atoms with E-state index in [1.54, 1.807) is 43.0 Å². The van der Waals surface area contributed by atoms with Crippen molar-refractivity contribution in [2.45, 2.75) is 76.0 Å². The molecule has 3 aromatic heterocycles. The average molecular weight is 766 g/mol. The number of carbonyl (C=O) groups excluding carboxylic acids is 3. The number of aromatic nitrogens is 5. The lowest BCUT2D eigenvalue weighted by Gasteiger charge is -2.38. The second kappa shape index (κ2) is 16.2.